The van der Waals surface area contributed by atoms with Gasteiger partial charge in [0.1, 0.15) is 12.1 Å². The Balaban J connectivity index is 1.87. The zero-order valence-electron chi connectivity index (χ0n) is 16.4. The van der Waals surface area contributed by atoms with Crippen LogP contribution in [0.25, 0.3) is 11.2 Å². The summed E-state index contributed by atoms with van der Waals surface area (Å²) in [7, 11) is 0. The lowest BCUT2D eigenvalue weighted by atomic mass is 10.1. The van der Waals surface area contributed by atoms with E-state index < -0.39 is 0 Å². The van der Waals surface area contributed by atoms with Gasteiger partial charge in [0, 0.05) is 45.8 Å². The molecule has 4 heterocycles. The van der Waals surface area contributed by atoms with Crippen molar-refractivity contribution >= 4 is 44.6 Å². The van der Waals surface area contributed by atoms with E-state index in [1.165, 1.54) is 9.13 Å². The maximum atomic E-state index is 13.3. The molecule has 0 spiro atoms. The van der Waals surface area contributed by atoms with E-state index in [-0.39, 0.29) is 23.3 Å². The Hall–Kier alpha value is -2.85. The number of nitrogens with zero attached hydrogens (tertiary/aromatic N) is 6. The minimum Gasteiger partial charge on any atom is -0.368 e. The second-order valence-electron chi connectivity index (χ2n) is 7.03. The van der Waals surface area contributed by atoms with Gasteiger partial charge in [-0.3, -0.25) is 14.3 Å². The van der Waals surface area contributed by atoms with Crippen LogP contribution in [-0.4, -0.2) is 28.9 Å². The van der Waals surface area contributed by atoms with Crippen LogP contribution in [0.5, 0.6) is 0 Å². The third kappa shape index (κ3) is 3.46. The summed E-state index contributed by atoms with van der Waals surface area (Å²) in [5.41, 5.74) is 8.44. The molecule has 156 valence electrons. The molecule has 0 saturated carbocycles. The Labute approximate surface area is 185 Å². The van der Waals surface area contributed by atoms with Gasteiger partial charge in [0.15, 0.2) is 10.8 Å². The zero-order chi connectivity index (χ0) is 21.6. The van der Waals surface area contributed by atoms with E-state index in [4.69, 9.17) is 17.3 Å². The number of aromatic nitrogens is 6. The topological polar surface area (TPSA) is 108 Å². The summed E-state index contributed by atoms with van der Waals surface area (Å²) in [6.45, 7) is 4.77. The summed E-state index contributed by atoms with van der Waals surface area (Å²) in [4.78, 5) is 21.6. The van der Waals surface area contributed by atoms with E-state index in [2.05, 4.69) is 25.9 Å². The van der Waals surface area contributed by atoms with Crippen molar-refractivity contribution in [2.24, 2.45) is 0 Å². The van der Waals surface area contributed by atoms with Gasteiger partial charge in [0.25, 0.3) is 5.69 Å². The summed E-state index contributed by atoms with van der Waals surface area (Å²) < 4.78 is 6.84. The highest BCUT2D eigenvalue weighted by Crippen LogP contribution is 2.24. The molecule has 0 bridgehead atoms. The molecule has 11 heteroatoms. The van der Waals surface area contributed by atoms with Crippen molar-refractivity contribution in [3.63, 3.8) is 0 Å². The number of fused-ring (bicyclic) bond motifs is 1. The van der Waals surface area contributed by atoms with Gasteiger partial charge >= 0.3 is 5.69 Å². The molecule has 3 N–H and O–H groups in total. The van der Waals surface area contributed by atoms with Crippen molar-refractivity contribution in [2.45, 2.75) is 33.5 Å². The van der Waals surface area contributed by atoms with Crippen LogP contribution in [0.4, 0.5) is 5.95 Å². The number of halogens is 2. The van der Waals surface area contributed by atoms with Crippen molar-refractivity contribution in [1.82, 2.24) is 23.7 Å². The highest BCUT2D eigenvalue weighted by atomic mass is 79.9. The molecule has 4 rings (SSSR count). The first kappa shape index (κ1) is 20.4. The van der Waals surface area contributed by atoms with Crippen molar-refractivity contribution < 1.29 is 9.94 Å². The third-order valence-electron chi connectivity index (χ3n) is 5.08. The van der Waals surface area contributed by atoms with Crippen LogP contribution in [-0.2, 0) is 19.6 Å². The van der Waals surface area contributed by atoms with Gasteiger partial charge in [-0.2, -0.15) is 9.97 Å². The predicted octanol–water partition coefficient (Wildman–Crippen LogP) is 2.28. The molecule has 0 radical (unpaired) electrons. The average molecular weight is 494 g/mol. The molecule has 0 aliphatic rings. The number of hydrogen-bond acceptors (Lipinski definition) is 5. The molecule has 0 amide bonds. The fourth-order valence-electron chi connectivity index (χ4n) is 3.52. The zero-order valence-corrected chi connectivity index (χ0v) is 18.7. The smallest absolute Gasteiger partial charge is 0.331 e. The minimum absolute atomic E-state index is 0.0255. The van der Waals surface area contributed by atoms with Crippen LogP contribution < -0.4 is 16.2 Å². The SMILES string of the molecule is Cc1c[n+](O)c(Cn2c(=O)n(CCn3cccc3)c3c(Cl)nc(N)nc32)c(C)c1Br. The number of imidazole rings is 1. The summed E-state index contributed by atoms with van der Waals surface area (Å²) in [6.07, 6.45) is 5.42. The average Bonchev–Trinajstić information content (AvgIpc) is 3.29. The van der Waals surface area contributed by atoms with E-state index in [0.717, 1.165) is 20.3 Å². The fraction of sp³-hybridized carbons (Fsp3) is 0.263. The first-order valence-corrected chi connectivity index (χ1v) is 10.4. The van der Waals surface area contributed by atoms with E-state index >= 15 is 0 Å². The van der Waals surface area contributed by atoms with E-state index in [1.807, 2.05) is 42.9 Å². The van der Waals surface area contributed by atoms with Crippen LogP contribution in [0.1, 0.15) is 16.8 Å². The fourth-order valence-corrected chi connectivity index (χ4v) is 4.13. The number of rotatable bonds is 5. The number of aryl methyl sites for hydroxylation is 3. The summed E-state index contributed by atoms with van der Waals surface area (Å²) in [6, 6.07) is 3.84. The second kappa shape index (κ2) is 7.77. The molecule has 4 aromatic heterocycles. The summed E-state index contributed by atoms with van der Waals surface area (Å²) >= 11 is 9.89. The Morgan fingerprint density at radius 3 is 2.60 bits per heavy atom. The van der Waals surface area contributed by atoms with Gasteiger partial charge in [0.2, 0.25) is 12.1 Å². The van der Waals surface area contributed by atoms with E-state index in [0.29, 0.717) is 29.9 Å². The second-order valence-corrected chi connectivity index (χ2v) is 8.18. The van der Waals surface area contributed by atoms with Crippen LogP contribution in [0.2, 0.25) is 5.15 Å². The molecular formula is C19H20BrClN7O2+. The highest BCUT2D eigenvalue weighted by molar-refractivity contribution is 9.10. The normalized spacial score (nSPS) is 11.5. The number of pyridine rings is 1. The van der Waals surface area contributed by atoms with Crippen LogP contribution in [0.3, 0.4) is 0 Å². The van der Waals surface area contributed by atoms with Gasteiger partial charge < -0.3 is 10.3 Å². The van der Waals surface area contributed by atoms with E-state index in [1.54, 1.807) is 6.20 Å². The van der Waals surface area contributed by atoms with Crippen LogP contribution in [0.15, 0.2) is 40.0 Å². The summed E-state index contributed by atoms with van der Waals surface area (Å²) in [5.74, 6) is -0.0255. The van der Waals surface area contributed by atoms with Crippen molar-refractivity contribution in [3.05, 3.63) is 67.7 Å². The van der Waals surface area contributed by atoms with Crippen molar-refractivity contribution in [3.8, 4) is 0 Å². The Bertz CT molecular complexity index is 1310. The van der Waals surface area contributed by atoms with Crippen LogP contribution >= 0.6 is 27.5 Å². The monoisotopic (exact) mass is 492 g/mol. The maximum Gasteiger partial charge on any atom is 0.331 e. The van der Waals surface area contributed by atoms with E-state index in [9.17, 15) is 10.0 Å². The number of hydrogen-bond donors (Lipinski definition) is 2. The highest BCUT2D eigenvalue weighted by Gasteiger charge is 2.25. The standard InChI is InChI=1S/C19H20BrClN7O2/c1-11-9-28(30)13(12(2)14(11)20)10-27-17-15(16(21)23-18(22)24-17)26(19(27)29)8-7-25-5-3-4-6-25/h3-6,9,30H,7-8,10H2,1-2H3,(H2,22,23,24)/q+1. The molecule has 30 heavy (non-hydrogen) atoms. The first-order chi connectivity index (χ1) is 14.3. The van der Waals surface area contributed by atoms with Crippen LogP contribution in [0, 0.1) is 13.8 Å². The lowest BCUT2D eigenvalue weighted by Crippen LogP contribution is -2.39. The lowest BCUT2D eigenvalue weighted by Gasteiger charge is -2.06. The predicted molar refractivity (Wildman–Crippen MR) is 116 cm³/mol. The largest absolute Gasteiger partial charge is 0.368 e. The third-order valence-corrected chi connectivity index (χ3v) is 6.57. The molecule has 9 nitrogen and oxygen atoms in total. The molecule has 0 saturated heterocycles. The number of anilines is 1. The number of nitrogen functional groups attached to an aromatic ring is 1. The van der Waals surface area contributed by atoms with Gasteiger partial charge in [-0.25, -0.2) is 4.79 Å². The quantitative estimate of drug-likeness (QED) is 0.252. The Kier molecular flexibility index (Phi) is 5.29. The molecule has 0 aliphatic carbocycles. The van der Waals surface area contributed by atoms with Gasteiger partial charge in [-0.15, -0.1) is 0 Å². The lowest BCUT2D eigenvalue weighted by molar-refractivity contribution is -0.910. The molecule has 0 aliphatic heterocycles. The molecule has 4 aromatic rings. The molecule has 0 atom stereocenters. The number of nitrogens with two attached hydrogens (primary N) is 1. The Morgan fingerprint density at radius 1 is 1.20 bits per heavy atom. The summed E-state index contributed by atoms with van der Waals surface area (Å²) in [5, 5.41) is 10.6. The van der Waals surface area contributed by atoms with Crippen molar-refractivity contribution in [1.29, 1.82) is 0 Å². The molecular weight excluding hydrogens is 474 g/mol. The molecule has 0 unspecified atom stereocenters. The maximum absolute atomic E-state index is 13.3. The van der Waals surface area contributed by atoms with Gasteiger partial charge in [-0.05, 0) is 41.9 Å². The van der Waals surface area contributed by atoms with Gasteiger partial charge in [0.05, 0.1) is 0 Å². The van der Waals surface area contributed by atoms with Crippen molar-refractivity contribution in [2.75, 3.05) is 5.73 Å². The molecule has 0 fully saturated rings. The molecule has 0 aromatic carbocycles. The Morgan fingerprint density at radius 2 is 1.90 bits per heavy atom. The minimum atomic E-state index is -0.310. The first-order valence-electron chi connectivity index (χ1n) is 9.20. The van der Waals surface area contributed by atoms with Gasteiger partial charge in [-0.1, -0.05) is 11.6 Å².